The summed E-state index contributed by atoms with van der Waals surface area (Å²) < 4.78 is 0. The minimum absolute atomic E-state index is 0.129. The molecule has 28 heavy (non-hydrogen) atoms. The van der Waals surface area contributed by atoms with Gasteiger partial charge >= 0.3 is 0 Å². The van der Waals surface area contributed by atoms with E-state index in [0.29, 0.717) is 25.0 Å². The second-order valence-electron chi connectivity index (χ2n) is 8.63. The minimum Gasteiger partial charge on any atom is -0.396 e. The fourth-order valence-electron chi connectivity index (χ4n) is 4.74. The molecule has 5 heteroatoms. The van der Waals surface area contributed by atoms with Crippen molar-refractivity contribution in [2.75, 3.05) is 32.8 Å². The summed E-state index contributed by atoms with van der Waals surface area (Å²) in [6.45, 7) is 7.94. The quantitative estimate of drug-likeness (QED) is 0.720. The first-order chi connectivity index (χ1) is 13.6. The zero-order valence-corrected chi connectivity index (χ0v) is 17.6. The summed E-state index contributed by atoms with van der Waals surface area (Å²) in [6, 6.07) is 9.79. The Balaban J connectivity index is 1.59. The maximum Gasteiger partial charge on any atom is 0.234 e. The Kier molecular flexibility index (Phi) is 7.89. The molecule has 0 saturated carbocycles. The van der Waals surface area contributed by atoms with Crippen molar-refractivity contribution in [3.8, 4) is 0 Å². The SMILES string of the molecule is CC(C)N1CCC(NC(=O)CN(CCCO)C2CCCc3ccccc32)CC1. The van der Waals surface area contributed by atoms with Crippen LogP contribution in [0.3, 0.4) is 0 Å². The maximum absolute atomic E-state index is 12.8. The lowest BCUT2D eigenvalue weighted by Crippen LogP contribution is -2.49. The number of rotatable bonds is 8. The van der Waals surface area contributed by atoms with Gasteiger partial charge in [0.1, 0.15) is 0 Å². The number of hydrogen-bond donors (Lipinski definition) is 2. The number of nitrogens with zero attached hydrogens (tertiary/aromatic N) is 2. The number of aliphatic hydroxyl groups excluding tert-OH is 1. The molecule has 156 valence electrons. The normalized spacial score (nSPS) is 21.1. The summed E-state index contributed by atoms with van der Waals surface area (Å²) in [5.74, 6) is 0.129. The topological polar surface area (TPSA) is 55.8 Å². The summed E-state index contributed by atoms with van der Waals surface area (Å²) in [7, 11) is 0. The predicted octanol–water partition coefficient (Wildman–Crippen LogP) is 2.74. The maximum atomic E-state index is 12.8. The first-order valence-electron chi connectivity index (χ1n) is 11.0. The molecule has 1 aliphatic heterocycles. The molecule has 0 aromatic heterocycles. The monoisotopic (exact) mass is 387 g/mol. The third kappa shape index (κ3) is 5.56. The molecule has 0 radical (unpaired) electrons. The molecule has 1 saturated heterocycles. The highest BCUT2D eigenvalue weighted by atomic mass is 16.3. The Labute approximate surface area is 170 Å². The number of benzene rings is 1. The Hall–Kier alpha value is -1.43. The summed E-state index contributed by atoms with van der Waals surface area (Å²) in [4.78, 5) is 17.6. The van der Waals surface area contributed by atoms with E-state index >= 15 is 0 Å². The van der Waals surface area contributed by atoms with Crippen molar-refractivity contribution >= 4 is 5.91 Å². The van der Waals surface area contributed by atoms with Crippen molar-refractivity contribution in [3.05, 3.63) is 35.4 Å². The molecule has 1 amide bonds. The number of carbonyl (C=O) groups is 1. The van der Waals surface area contributed by atoms with Gasteiger partial charge in [0.25, 0.3) is 0 Å². The second kappa shape index (κ2) is 10.4. The number of aryl methyl sites for hydroxylation is 1. The Morgan fingerprint density at radius 2 is 2.00 bits per heavy atom. The largest absolute Gasteiger partial charge is 0.396 e. The van der Waals surface area contributed by atoms with Gasteiger partial charge in [-0.25, -0.2) is 0 Å². The number of amides is 1. The van der Waals surface area contributed by atoms with E-state index < -0.39 is 0 Å². The highest BCUT2D eigenvalue weighted by Crippen LogP contribution is 2.34. The molecular weight excluding hydrogens is 350 g/mol. The highest BCUT2D eigenvalue weighted by molar-refractivity contribution is 5.78. The Bertz CT molecular complexity index is 626. The van der Waals surface area contributed by atoms with Gasteiger partial charge in [-0.1, -0.05) is 24.3 Å². The van der Waals surface area contributed by atoms with Gasteiger partial charge < -0.3 is 15.3 Å². The van der Waals surface area contributed by atoms with Crippen molar-refractivity contribution in [2.24, 2.45) is 0 Å². The molecule has 3 rings (SSSR count). The van der Waals surface area contributed by atoms with Crippen LogP contribution in [0.2, 0.25) is 0 Å². The third-order valence-electron chi connectivity index (χ3n) is 6.35. The fraction of sp³-hybridized carbons (Fsp3) is 0.696. The van der Waals surface area contributed by atoms with Gasteiger partial charge in [0.2, 0.25) is 5.91 Å². The molecule has 1 heterocycles. The molecule has 1 atom stereocenters. The van der Waals surface area contributed by atoms with E-state index in [1.165, 1.54) is 11.1 Å². The van der Waals surface area contributed by atoms with E-state index in [1.54, 1.807) is 0 Å². The molecule has 1 aromatic rings. The number of aliphatic hydroxyl groups is 1. The molecule has 1 aliphatic carbocycles. The van der Waals surface area contributed by atoms with Crippen LogP contribution in [0, 0.1) is 0 Å². The number of nitrogens with one attached hydrogen (secondary N) is 1. The highest BCUT2D eigenvalue weighted by Gasteiger charge is 2.28. The van der Waals surface area contributed by atoms with Crippen molar-refractivity contribution in [3.63, 3.8) is 0 Å². The average Bonchev–Trinajstić information content (AvgIpc) is 2.71. The molecule has 1 fully saturated rings. The van der Waals surface area contributed by atoms with E-state index in [2.05, 4.69) is 53.2 Å². The van der Waals surface area contributed by atoms with Crippen LogP contribution in [0.1, 0.15) is 63.1 Å². The molecule has 2 N–H and O–H groups in total. The van der Waals surface area contributed by atoms with Gasteiger partial charge in [0, 0.05) is 44.4 Å². The summed E-state index contributed by atoms with van der Waals surface area (Å²) >= 11 is 0. The zero-order valence-electron chi connectivity index (χ0n) is 17.6. The van der Waals surface area contributed by atoms with Crippen LogP contribution in [0.4, 0.5) is 0 Å². The summed E-state index contributed by atoms with van der Waals surface area (Å²) in [5, 5.41) is 12.6. The number of hydrogen-bond acceptors (Lipinski definition) is 4. The Morgan fingerprint density at radius 3 is 2.71 bits per heavy atom. The number of likely N-dealkylation sites (tertiary alicyclic amines) is 1. The number of fused-ring (bicyclic) bond motifs is 1. The predicted molar refractivity (Wildman–Crippen MR) is 113 cm³/mol. The molecule has 0 spiro atoms. The van der Waals surface area contributed by atoms with Crippen LogP contribution < -0.4 is 5.32 Å². The molecule has 2 aliphatic rings. The molecule has 1 aromatic carbocycles. The summed E-state index contributed by atoms with van der Waals surface area (Å²) in [5.41, 5.74) is 2.78. The standard InChI is InChI=1S/C23H37N3O2/c1-18(2)25-14-11-20(12-15-25)24-23(28)17-26(13-6-16-27)22-10-5-8-19-7-3-4-9-21(19)22/h3-4,7,9,18,20,22,27H,5-6,8,10-17H2,1-2H3,(H,24,28). The lowest BCUT2D eigenvalue weighted by molar-refractivity contribution is -0.124. The van der Waals surface area contributed by atoms with E-state index in [4.69, 9.17) is 0 Å². The van der Waals surface area contributed by atoms with Crippen LogP contribution in [0.25, 0.3) is 0 Å². The Morgan fingerprint density at radius 1 is 1.25 bits per heavy atom. The van der Waals surface area contributed by atoms with Crippen molar-refractivity contribution in [2.45, 2.75) is 70.5 Å². The van der Waals surface area contributed by atoms with Crippen LogP contribution in [-0.2, 0) is 11.2 Å². The third-order valence-corrected chi connectivity index (χ3v) is 6.35. The van der Waals surface area contributed by atoms with Crippen LogP contribution >= 0.6 is 0 Å². The second-order valence-corrected chi connectivity index (χ2v) is 8.63. The van der Waals surface area contributed by atoms with E-state index in [-0.39, 0.29) is 18.6 Å². The molecule has 1 unspecified atom stereocenters. The van der Waals surface area contributed by atoms with Gasteiger partial charge in [0.15, 0.2) is 0 Å². The minimum atomic E-state index is 0.129. The van der Waals surface area contributed by atoms with Gasteiger partial charge in [0.05, 0.1) is 6.54 Å². The van der Waals surface area contributed by atoms with E-state index in [1.807, 2.05) is 0 Å². The van der Waals surface area contributed by atoms with Crippen LogP contribution in [0.15, 0.2) is 24.3 Å². The van der Waals surface area contributed by atoms with Gasteiger partial charge in [-0.3, -0.25) is 9.69 Å². The van der Waals surface area contributed by atoms with Crippen molar-refractivity contribution < 1.29 is 9.90 Å². The van der Waals surface area contributed by atoms with E-state index in [0.717, 1.165) is 51.7 Å². The molecular formula is C23H37N3O2. The van der Waals surface area contributed by atoms with Gasteiger partial charge in [-0.05, 0) is 63.5 Å². The smallest absolute Gasteiger partial charge is 0.234 e. The first-order valence-corrected chi connectivity index (χ1v) is 11.0. The van der Waals surface area contributed by atoms with E-state index in [9.17, 15) is 9.90 Å². The summed E-state index contributed by atoms with van der Waals surface area (Å²) in [6.07, 6.45) is 6.15. The number of carbonyl (C=O) groups excluding carboxylic acids is 1. The lowest BCUT2D eigenvalue weighted by Gasteiger charge is -2.37. The average molecular weight is 388 g/mol. The number of piperidine rings is 1. The first kappa shape index (κ1) is 21.3. The molecule has 0 bridgehead atoms. The lowest BCUT2D eigenvalue weighted by atomic mass is 9.86. The van der Waals surface area contributed by atoms with Gasteiger partial charge in [-0.15, -0.1) is 0 Å². The zero-order chi connectivity index (χ0) is 19.9. The fourth-order valence-corrected chi connectivity index (χ4v) is 4.74. The van der Waals surface area contributed by atoms with Crippen molar-refractivity contribution in [1.29, 1.82) is 0 Å². The van der Waals surface area contributed by atoms with Crippen LogP contribution in [-0.4, -0.2) is 65.7 Å². The van der Waals surface area contributed by atoms with Crippen molar-refractivity contribution in [1.82, 2.24) is 15.1 Å². The van der Waals surface area contributed by atoms with Crippen LogP contribution in [0.5, 0.6) is 0 Å². The molecule has 5 nitrogen and oxygen atoms in total. The van der Waals surface area contributed by atoms with Gasteiger partial charge in [-0.2, -0.15) is 0 Å².